The third-order valence-corrected chi connectivity index (χ3v) is 5.47. The number of nitrogens with zero attached hydrogens (tertiary/aromatic N) is 2. The van der Waals surface area contributed by atoms with E-state index >= 15 is 0 Å². The summed E-state index contributed by atoms with van der Waals surface area (Å²) in [6.07, 6.45) is 0.614. The summed E-state index contributed by atoms with van der Waals surface area (Å²) in [6, 6.07) is 14.8. The maximum Gasteiger partial charge on any atom is 0.308 e. The molecule has 1 fully saturated rings. The molecule has 9 heteroatoms. The van der Waals surface area contributed by atoms with Crippen LogP contribution in [0.1, 0.15) is 30.9 Å². The van der Waals surface area contributed by atoms with Gasteiger partial charge >= 0.3 is 5.97 Å². The fraction of sp³-hybridized carbons (Fsp3) is 0.348. The minimum atomic E-state index is -0.493. The number of carbonyl (C=O) groups is 3. The number of likely N-dealkylation sites (tertiary alicyclic amines) is 1. The van der Waals surface area contributed by atoms with Crippen molar-refractivity contribution in [3.8, 4) is 0 Å². The second-order valence-corrected chi connectivity index (χ2v) is 7.60. The highest BCUT2D eigenvalue weighted by molar-refractivity contribution is 5.92. The number of esters is 1. The van der Waals surface area contributed by atoms with Gasteiger partial charge in [-0.15, -0.1) is 0 Å². The normalized spacial score (nSPS) is 17.4. The summed E-state index contributed by atoms with van der Waals surface area (Å²) in [5, 5.41) is 13.4. The number of nitro groups is 1. The lowest BCUT2D eigenvalue weighted by atomic mass is 9.83. The van der Waals surface area contributed by atoms with E-state index in [2.05, 4.69) is 5.32 Å². The van der Waals surface area contributed by atoms with Crippen LogP contribution in [0, 0.1) is 16.0 Å². The highest BCUT2D eigenvalue weighted by atomic mass is 16.6. The van der Waals surface area contributed by atoms with Gasteiger partial charge in [-0.25, -0.2) is 0 Å². The van der Waals surface area contributed by atoms with Crippen LogP contribution in [0.15, 0.2) is 54.6 Å². The summed E-state index contributed by atoms with van der Waals surface area (Å²) in [6.45, 7) is 2.06. The van der Waals surface area contributed by atoms with Crippen molar-refractivity contribution >= 4 is 23.5 Å². The Bertz CT molecular complexity index is 977. The Balaban J connectivity index is 1.49. The van der Waals surface area contributed by atoms with Gasteiger partial charge in [0.1, 0.15) is 6.61 Å². The first-order valence-electron chi connectivity index (χ1n) is 10.4. The van der Waals surface area contributed by atoms with Gasteiger partial charge in [-0.05, 0) is 17.5 Å². The fourth-order valence-electron chi connectivity index (χ4n) is 3.68. The second-order valence-electron chi connectivity index (χ2n) is 7.60. The molecule has 2 atom stereocenters. The average molecular weight is 439 g/mol. The number of β-lactam (4-membered cyclic amide) rings is 1. The van der Waals surface area contributed by atoms with E-state index in [1.165, 1.54) is 17.0 Å². The van der Waals surface area contributed by atoms with Gasteiger partial charge in [0.15, 0.2) is 0 Å². The van der Waals surface area contributed by atoms with Crippen LogP contribution < -0.4 is 5.32 Å². The van der Waals surface area contributed by atoms with Gasteiger partial charge in [0, 0.05) is 18.7 Å². The monoisotopic (exact) mass is 439 g/mol. The van der Waals surface area contributed by atoms with Gasteiger partial charge in [-0.1, -0.05) is 49.4 Å². The third-order valence-electron chi connectivity index (χ3n) is 5.47. The zero-order valence-electron chi connectivity index (χ0n) is 17.7. The molecule has 0 saturated carbocycles. The standard InChI is InChI=1S/C23H25N3O6/c1-2-19-20(12-22(28)32-15-17-6-4-3-5-7-17)25(23(19)29)14-21(27)24-13-16-8-10-18(11-9-16)26(30)31/h3-11,19-20H,2,12-15H2,1H3,(H,24,27)/t19-,20+/m0/s1. The van der Waals surface area contributed by atoms with Crippen LogP contribution in [0.4, 0.5) is 5.69 Å². The molecule has 2 aromatic carbocycles. The van der Waals surface area contributed by atoms with E-state index in [-0.39, 0.29) is 55.6 Å². The van der Waals surface area contributed by atoms with Crippen molar-refractivity contribution in [2.75, 3.05) is 6.54 Å². The van der Waals surface area contributed by atoms with Gasteiger partial charge in [0.2, 0.25) is 11.8 Å². The van der Waals surface area contributed by atoms with Crippen molar-refractivity contribution in [1.29, 1.82) is 0 Å². The summed E-state index contributed by atoms with van der Waals surface area (Å²) in [5.41, 5.74) is 1.55. The Morgan fingerprint density at radius 2 is 1.78 bits per heavy atom. The van der Waals surface area contributed by atoms with Crippen LogP contribution in [-0.2, 0) is 32.3 Å². The molecule has 9 nitrogen and oxygen atoms in total. The van der Waals surface area contributed by atoms with Gasteiger partial charge in [0.25, 0.3) is 5.69 Å². The molecule has 2 aromatic rings. The minimum Gasteiger partial charge on any atom is -0.461 e. The zero-order chi connectivity index (χ0) is 23.1. The van der Waals surface area contributed by atoms with Crippen molar-refractivity contribution in [2.24, 2.45) is 5.92 Å². The van der Waals surface area contributed by atoms with E-state index in [4.69, 9.17) is 4.74 Å². The van der Waals surface area contributed by atoms with Gasteiger partial charge in [0.05, 0.1) is 29.8 Å². The number of hydrogen-bond donors (Lipinski definition) is 1. The SMILES string of the molecule is CC[C@@H]1C(=O)N(CC(=O)NCc2ccc([N+](=O)[O-])cc2)[C@@H]1CC(=O)OCc1ccccc1. The summed E-state index contributed by atoms with van der Waals surface area (Å²) in [4.78, 5) is 48.7. The Kier molecular flexibility index (Phi) is 7.54. The Hall–Kier alpha value is -3.75. The molecule has 1 aliphatic heterocycles. The van der Waals surface area contributed by atoms with Gasteiger partial charge < -0.3 is 15.0 Å². The molecule has 1 heterocycles. The number of amides is 2. The highest BCUT2D eigenvalue weighted by Crippen LogP contribution is 2.31. The highest BCUT2D eigenvalue weighted by Gasteiger charge is 2.47. The fourth-order valence-corrected chi connectivity index (χ4v) is 3.68. The molecule has 32 heavy (non-hydrogen) atoms. The van der Waals surface area contributed by atoms with E-state index in [0.717, 1.165) is 5.56 Å². The Morgan fingerprint density at radius 3 is 2.41 bits per heavy atom. The Labute approximate surface area is 185 Å². The molecule has 0 radical (unpaired) electrons. The molecule has 168 valence electrons. The molecule has 0 aliphatic carbocycles. The van der Waals surface area contributed by atoms with E-state index in [0.29, 0.717) is 12.0 Å². The van der Waals surface area contributed by atoms with Crippen molar-refractivity contribution in [3.63, 3.8) is 0 Å². The first kappa shape index (κ1) is 22.9. The molecule has 1 saturated heterocycles. The van der Waals surface area contributed by atoms with Crippen LogP contribution in [-0.4, -0.2) is 40.2 Å². The van der Waals surface area contributed by atoms with Crippen molar-refractivity contribution in [1.82, 2.24) is 10.2 Å². The molecule has 1 aliphatic rings. The lowest BCUT2D eigenvalue weighted by Crippen LogP contribution is -2.63. The number of non-ortho nitro benzene ring substituents is 1. The van der Waals surface area contributed by atoms with Crippen molar-refractivity contribution in [2.45, 2.75) is 39.0 Å². The first-order chi connectivity index (χ1) is 15.4. The number of rotatable bonds is 10. The topological polar surface area (TPSA) is 119 Å². The molecular formula is C23H25N3O6. The van der Waals surface area contributed by atoms with Gasteiger partial charge in [-0.3, -0.25) is 24.5 Å². The van der Waals surface area contributed by atoms with Crippen molar-refractivity contribution in [3.05, 3.63) is 75.8 Å². The molecule has 0 spiro atoms. The molecular weight excluding hydrogens is 414 g/mol. The number of benzene rings is 2. The number of carbonyl (C=O) groups excluding carboxylic acids is 3. The molecule has 0 unspecified atom stereocenters. The molecule has 1 N–H and O–H groups in total. The van der Waals surface area contributed by atoms with E-state index in [1.807, 2.05) is 37.3 Å². The summed E-state index contributed by atoms with van der Waals surface area (Å²) in [7, 11) is 0. The number of ether oxygens (including phenoxy) is 1. The third kappa shape index (κ3) is 5.69. The van der Waals surface area contributed by atoms with E-state index in [9.17, 15) is 24.5 Å². The number of nitrogens with one attached hydrogen (secondary N) is 1. The average Bonchev–Trinajstić information content (AvgIpc) is 2.80. The summed E-state index contributed by atoms with van der Waals surface area (Å²) < 4.78 is 5.32. The first-order valence-corrected chi connectivity index (χ1v) is 10.4. The predicted octanol–water partition coefficient (Wildman–Crippen LogP) is 2.58. The van der Waals surface area contributed by atoms with Crippen LogP contribution in [0.3, 0.4) is 0 Å². The van der Waals surface area contributed by atoms with Crippen LogP contribution in [0.2, 0.25) is 0 Å². The van der Waals surface area contributed by atoms with Crippen LogP contribution in [0.25, 0.3) is 0 Å². The van der Waals surface area contributed by atoms with Crippen LogP contribution in [0.5, 0.6) is 0 Å². The smallest absolute Gasteiger partial charge is 0.308 e. The zero-order valence-corrected chi connectivity index (χ0v) is 17.7. The number of hydrogen-bond acceptors (Lipinski definition) is 6. The molecule has 2 amide bonds. The lowest BCUT2D eigenvalue weighted by molar-refractivity contribution is -0.384. The molecule has 3 rings (SSSR count). The summed E-state index contributed by atoms with van der Waals surface area (Å²) in [5.74, 6) is -1.24. The van der Waals surface area contributed by atoms with E-state index in [1.54, 1.807) is 12.1 Å². The predicted molar refractivity (Wildman–Crippen MR) is 115 cm³/mol. The maximum atomic E-state index is 12.4. The Morgan fingerprint density at radius 1 is 1.09 bits per heavy atom. The largest absolute Gasteiger partial charge is 0.461 e. The minimum absolute atomic E-state index is 0.0288. The van der Waals surface area contributed by atoms with Crippen molar-refractivity contribution < 1.29 is 24.0 Å². The maximum absolute atomic E-state index is 12.4. The molecule has 0 aromatic heterocycles. The quantitative estimate of drug-likeness (QED) is 0.263. The number of nitro benzene ring substituents is 1. The second kappa shape index (κ2) is 10.5. The lowest BCUT2D eigenvalue weighted by Gasteiger charge is -2.46. The van der Waals surface area contributed by atoms with Gasteiger partial charge in [-0.2, -0.15) is 0 Å². The van der Waals surface area contributed by atoms with Crippen LogP contribution >= 0.6 is 0 Å². The summed E-state index contributed by atoms with van der Waals surface area (Å²) >= 11 is 0. The van der Waals surface area contributed by atoms with E-state index < -0.39 is 10.9 Å². The molecule has 0 bridgehead atoms.